The Morgan fingerprint density at radius 3 is 2.22 bits per heavy atom. The third-order valence-corrected chi connectivity index (χ3v) is 3.11. The molecule has 18 heavy (non-hydrogen) atoms. The van der Waals surface area contributed by atoms with Gasteiger partial charge >= 0.3 is 0 Å². The van der Waals surface area contributed by atoms with Crippen molar-refractivity contribution in [2.75, 3.05) is 5.73 Å². The second-order valence-corrected chi connectivity index (χ2v) is 4.72. The molecule has 0 spiro atoms. The fourth-order valence-electron chi connectivity index (χ4n) is 1.88. The first-order valence-corrected chi connectivity index (χ1v) is 6.17. The molecule has 1 aromatic carbocycles. The molecule has 1 aromatic heterocycles. The monoisotopic (exact) mass is 241 g/mol. The molecule has 94 valence electrons. The van der Waals surface area contributed by atoms with Gasteiger partial charge in [-0.1, -0.05) is 44.2 Å². The number of anilines is 1. The van der Waals surface area contributed by atoms with Gasteiger partial charge in [-0.3, -0.25) is 0 Å². The lowest BCUT2D eigenvalue weighted by atomic mass is 10.0. The van der Waals surface area contributed by atoms with Crippen molar-refractivity contribution in [3.05, 3.63) is 47.5 Å². The number of benzene rings is 1. The van der Waals surface area contributed by atoms with E-state index < -0.39 is 0 Å². The van der Waals surface area contributed by atoms with Crippen LogP contribution in [0.25, 0.3) is 11.3 Å². The summed E-state index contributed by atoms with van der Waals surface area (Å²) in [6.07, 6.45) is 0. The summed E-state index contributed by atoms with van der Waals surface area (Å²) in [4.78, 5) is 4.39. The van der Waals surface area contributed by atoms with Crippen molar-refractivity contribution in [1.29, 1.82) is 0 Å². The van der Waals surface area contributed by atoms with Crippen molar-refractivity contribution < 1.29 is 0 Å². The molecule has 0 amide bonds. The van der Waals surface area contributed by atoms with Gasteiger partial charge in [-0.05, 0) is 17.5 Å². The summed E-state index contributed by atoms with van der Waals surface area (Å²) in [6, 6.07) is 12.3. The summed E-state index contributed by atoms with van der Waals surface area (Å²) in [5.41, 5.74) is 15.6. The number of nitrogen functional groups attached to an aromatic ring is 1. The molecule has 0 atom stereocenters. The highest BCUT2D eigenvalue weighted by Crippen LogP contribution is 2.23. The second kappa shape index (κ2) is 5.19. The van der Waals surface area contributed by atoms with Gasteiger partial charge in [0.15, 0.2) is 0 Å². The SMILES string of the molecule is CC(C)c1ccc(-c2ccc(CN)c(N)n2)cc1. The molecule has 2 rings (SSSR count). The maximum Gasteiger partial charge on any atom is 0.128 e. The van der Waals surface area contributed by atoms with E-state index in [0.29, 0.717) is 18.3 Å². The highest BCUT2D eigenvalue weighted by Gasteiger charge is 2.04. The predicted molar refractivity (Wildman–Crippen MR) is 76.1 cm³/mol. The lowest BCUT2D eigenvalue weighted by molar-refractivity contribution is 0.867. The van der Waals surface area contributed by atoms with E-state index in [1.807, 2.05) is 12.1 Å². The molecule has 2 aromatic rings. The number of nitrogens with two attached hydrogens (primary N) is 2. The van der Waals surface area contributed by atoms with Crippen molar-refractivity contribution >= 4 is 5.82 Å². The summed E-state index contributed by atoms with van der Waals surface area (Å²) >= 11 is 0. The minimum atomic E-state index is 0.422. The van der Waals surface area contributed by atoms with Crippen LogP contribution >= 0.6 is 0 Å². The van der Waals surface area contributed by atoms with Crippen LogP contribution in [-0.4, -0.2) is 4.98 Å². The van der Waals surface area contributed by atoms with Crippen LogP contribution in [0.15, 0.2) is 36.4 Å². The number of nitrogens with zero attached hydrogens (tertiary/aromatic N) is 1. The van der Waals surface area contributed by atoms with Gasteiger partial charge in [-0.2, -0.15) is 0 Å². The quantitative estimate of drug-likeness (QED) is 0.868. The fourth-order valence-corrected chi connectivity index (χ4v) is 1.88. The maximum absolute atomic E-state index is 5.86. The van der Waals surface area contributed by atoms with E-state index in [1.54, 1.807) is 0 Å². The lowest BCUT2D eigenvalue weighted by Crippen LogP contribution is -2.04. The van der Waals surface area contributed by atoms with Gasteiger partial charge in [-0.25, -0.2) is 4.98 Å². The van der Waals surface area contributed by atoms with Crippen LogP contribution < -0.4 is 11.5 Å². The van der Waals surface area contributed by atoms with Gasteiger partial charge in [-0.15, -0.1) is 0 Å². The molecule has 0 saturated carbocycles. The van der Waals surface area contributed by atoms with E-state index in [0.717, 1.165) is 16.8 Å². The molecule has 4 N–H and O–H groups in total. The van der Waals surface area contributed by atoms with Gasteiger partial charge in [0.05, 0.1) is 5.69 Å². The second-order valence-electron chi connectivity index (χ2n) is 4.72. The summed E-state index contributed by atoms with van der Waals surface area (Å²) in [5, 5.41) is 0. The maximum atomic E-state index is 5.86. The van der Waals surface area contributed by atoms with E-state index in [1.165, 1.54) is 5.56 Å². The van der Waals surface area contributed by atoms with E-state index >= 15 is 0 Å². The number of aromatic nitrogens is 1. The van der Waals surface area contributed by atoms with Crippen LogP contribution in [0.5, 0.6) is 0 Å². The largest absolute Gasteiger partial charge is 0.383 e. The first kappa shape index (κ1) is 12.6. The fraction of sp³-hybridized carbons (Fsp3) is 0.267. The van der Waals surface area contributed by atoms with Gasteiger partial charge in [0.2, 0.25) is 0 Å². The average Bonchev–Trinajstić information content (AvgIpc) is 2.38. The summed E-state index contributed by atoms with van der Waals surface area (Å²) in [7, 11) is 0. The molecule has 0 fully saturated rings. The number of pyridine rings is 1. The van der Waals surface area contributed by atoms with E-state index in [2.05, 4.69) is 43.1 Å². The van der Waals surface area contributed by atoms with Crippen LogP contribution in [0.2, 0.25) is 0 Å². The van der Waals surface area contributed by atoms with Gasteiger partial charge < -0.3 is 11.5 Å². The molecule has 0 bridgehead atoms. The summed E-state index contributed by atoms with van der Waals surface area (Å²) < 4.78 is 0. The molecule has 1 heterocycles. The molecule has 0 unspecified atom stereocenters. The standard InChI is InChI=1S/C15H19N3/c1-10(2)11-3-5-12(6-4-11)14-8-7-13(9-16)15(17)18-14/h3-8,10H,9,16H2,1-2H3,(H2,17,18). The lowest BCUT2D eigenvalue weighted by Gasteiger charge is -2.08. The summed E-state index contributed by atoms with van der Waals surface area (Å²) in [5.74, 6) is 1.06. The van der Waals surface area contributed by atoms with Crippen molar-refractivity contribution in [3.8, 4) is 11.3 Å². The zero-order chi connectivity index (χ0) is 13.1. The minimum Gasteiger partial charge on any atom is -0.383 e. The number of hydrogen-bond donors (Lipinski definition) is 2. The summed E-state index contributed by atoms with van der Waals surface area (Å²) in [6.45, 7) is 4.79. The van der Waals surface area contributed by atoms with E-state index in [9.17, 15) is 0 Å². The van der Waals surface area contributed by atoms with Gasteiger partial charge in [0, 0.05) is 17.7 Å². The molecule has 0 aliphatic rings. The molecule has 0 aliphatic heterocycles. The Kier molecular flexibility index (Phi) is 3.63. The topological polar surface area (TPSA) is 64.9 Å². The Hall–Kier alpha value is -1.87. The molecular formula is C15H19N3. The number of hydrogen-bond acceptors (Lipinski definition) is 3. The molecule has 0 radical (unpaired) electrons. The van der Waals surface area contributed by atoms with Crippen molar-refractivity contribution in [2.24, 2.45) is 5.73 Å². The van der Waals surface area contributed by atoms with Crippen molar-refractivity contribution in [1.82, 2.24) is 4.98 Å². The molecule has 3 heteroatoms. The third-order valence-electron chi connectivity index (χ3n) is 3.11. The average molecular weight is 241 g/mol. The van der Waals surface area contributed by atoms with Crippen molar-refractivity contribution in [2.45, 2.75) is 26.3 Å². The Morgan fingerprint density at radius 2 is 1.72 bits per heavy atom. The third kappa shape index (κ3) is 2.51. The first-order chi connectivity index (χ1) is 8.61. The Bertz CT molecular complexity index is 530. The minimum absolute atomic E-state index is 0.422. The van der Waals surface area contributed by atoms with Crippen LogP contribution in [0.4, 0.5) is 5.82 Å². The van der Waals surface area contributed by atoms with Crippen LogP contribution in [-0.2, 0) is 6.54 Å². The first-order valence-electron chi connectivity index (χ1n) is 6.17. The van der Waals surface area contributed by atoms with Crippen LogP contribution in [0, 0.1) is 0 Å². The van der Waals surface area contributed by atoms with E-state index in [4.69, 9.17) is 11.5 Å². The van der Waals surface area contributed by atoms with E-state index in [-0.39, 0.29) is 0 Å². The normalized spacial score (nSPS) is 10.9. The predicted octanol–water partition coefficient (Wildman–Crippen LogP) is 2.91. The van der Waals surface area contributed by atoms with Gasteiger partial charge in [0.1, 0.15) is 5.82 Å². The van der Waals surface area contributed by atoms with Crippen LogP contribution in [0.3, 0.4) is 0 Å². The highest BCUT2D eigenvalue weighted by atomic mass is 14.8. The zero-order valence-electron chi connectivity index (χ0n) is 10.9. The molecule has 3 nitrogen and oxygen atoms in total. The highest BCUT2D eigenvalue weighted by molar-refractivity contribution is 5.62. The Balaban J connectivity index is 2.34. The smallest absolute Gasteiger partial charge is 0.128 e. The molecule has 0 aliphatic carbocycles. The van der Waals surface area contributed by atoms with Crippen LogP contribution in [0.1, 0.15) is 30.9 Å². The number of rotatable bonds is 3. The van der Waals surface area contributed by atoms with Gasteiger partial charge in [0.25, 0.3) is 0 Å². The molecular weight excluding hydrogens is 222 g/mol. The Morgan fingerprint density at radius 1 is 1.06 bits per heavy atom. The Labute approximate surface area is 108 Å². The zero-order valence-corrected chi connectivity index (χ0v) is 10.9. The molecule has 0 saturated heterocycles. The van der Waals surface area contributed by atoms with Crippen molar-refractivity contribution in [3.63, 3.8) is 0 Å².